The first-order valence-corrected chi connectivity index (χ1v) is 16.2. The number of hydrogen-bond donors (Lipinski definition) is 3. The number of hydrogen-bond acceptors (Lipinski definition) is 9. The van der Waals surface area contributed by atoms with E-state index in [1.807, 2.05) is 25.6 Å². The number of nitrogens with one attached hydrogen (secondary N) is 3. The highest BCUT2D eigenvalue weighted by Gasteiger charge is 2.42. The van der Waals surface area contributed by atoms with Crippen LogP contribution in [0.3, 0.4) is 0 Å². The molecule has 0 aliphatic carbocycles. The second kappa shape index (κ2) is 13.2. The third-order valence-corrected chi connectivity index (χ3v) is 10.7. The van der Waals surface area contributed by atoms with Crippen molar-refractivity contribution in [1.82, 2.24) is 16.0 Å². The first-order chi connectivity index (χ1) is 18.2. The number of urea groups is 1. The van der Waals surface area contributed by atoms with Crippen molar-refractivity contribution in [2.75, 3.05) is 23.8 Å². The second-order valence-corrected chi connectivity index (χ2v) is 13.9. The summed E-state index contributed by atoms with van der Waals surface area (Å²) in [4.78, 5) is 47.7. The largest absolute Gasteiger partial charge is 0.426 e. The van der Waals surface area contributed by atoms with Gasteiger partial charge in [-0.05, 0) is 44.9 Å². The molecule has 4 rings (SSSR count). The number of ether oxygens (including phenoxy) is 1. The van der Waals surface area contributed by atoms with E-state index in [0.29, 0.717) is 35.3 Å². The van der Waals surface area contributed by atoms with Crippen LogP contribution in [0, 0.1) is 5.41 Å². The van der Waals surface area contributed by atoms with Crippen LogP contribution < -0.4 is 26.3 Å². The van der Waals surface area contributed by atoms with E-state index < -0.39 is 11.0 Å². The zero-order valence-corrected chi connectivity index (χ0v) is 23.9. The molecule has 12 heteroatoms. The van der Waals surface area contributed by atoms with Gasteiger partial charge in [-0.1, -0.05) is 28.0 Å². The van der Waals surface area contributed by atoms with Crippen molar-refractivity contribution >= 4 is 62.2 Å². The first kappa shape index (κ1) is 28.7. The van der Waals surface area contributed by atoms with Gasteiger partial charge in [0.2, 0.25) is 5.91 Å². The monoisotopic (exact) mass is 579 g/mol. The first-order valence-electron chi connectivity index (χ1n) is 12.7. The summed E-state index contributed by atoms with van der Waals surface area (Å²) in [7, 11) is 3.17. The van der Waals surface area contributed by atoms with Gasteiger partial charge in [-0.3, -0.25) is 9.59 Å². The van der Waals surface area contributed by atoms with Crippen molar-refractivity contribution < 1.29 is 23.5 Å². The number of fused-ring (bicyclic) bond motifs is 2. The van der Waals surface area contributed by atoms with Gasteiger partial charge < -0.3 is 25.1 Å². The number of esters is 1. The van der Waals surface area contributed by atoms with E-state index >= 15 is 0 Å². The zero-order chi connectivity index (χ0) is 27.1. The Labute approximate surface area is 233 Å². The summed E-state index contributed by atoms with van der Waals surface area (Å²) in [5.41, 5.74) is -0.806. The minimum Gasteiger partial charge on any atom is -0.426 e. The summed E-state index contributed by atoms with van der Waals surface area (Å²) < 4.78 is 10.7. The molecule has 2 aliphatic rings. The van der Waals surface area contributed by atoms with Gasteiger partial charge in [-0.25, -0.2) is 9.59 Å². The molecule has 3 atom stereocenters. The Kier molecular flexibility index (Phi) is 9.94. The van der Waals surface area contributed by atoms with E-state index in [2.05, 4.69) is 16.0 Å². The third-order valence-electron chi connectivity index (χ3n) is 6.45. The van der Waals surface area contributed by atoms with E-state index in [0.717, 1.165) is 36.2 Å². The highest BCUT2D eigenvalue weighted by Crippen LogP contribution is 2.33. The van der Waals surface area contributed by atoms with Crippen LogP contribution >= 0.6 is 33.3 Å². The number of amides is 3. The standard InChI is InChI=1S/C26H33N3O6S3/c1-26(2,24(32)34-17-9-7-16-8-10-22(31)35-19(16)13-17)15-38-37-12-11-27-21(30)6-4-3-5-20-23-18(14-36-20)28-25(33)29-23/h7-10,13,18,20,23H,3-6,11-12,14-15H2,1-2H3,(H,27,30)(H2,28,29,33)/t18-,20-,23-/m0/s1. The van der Waals surface area contributed by atoms with Crippen LogP contribution in [0.2, 0.25) is 0 Å². The Morgan fingerprint density at radius 1 is 1.16 bits per heavy atom. The molecule has 0 spiro atoms. The molecule has 3 amide bonds. The molecule has 38 heavy (non-hydrogen) atoms. The molecule has 0 unspecified atom stereocenters. The molecule has 2 aliphatic heterocycles. The number of carbonyl (C=O) groups excluding carboxylic acids is 3. The Balaban J connectivity index is 1.06. The lowest BCUT2D eigenvalue weighted by Gasteiger charge is -2.21. The van der Waals surface area contributed by atoms with Crippen LogP contribution in [0.4, 0.5) is 4.79 Å². The average molecular weight is 580 g/mol. The number of rotatable bonds is 13. The summed E-state index contributed by atoms with van der Waals surface area (Å²) in [5.74, 6) is 2.25. The van der Waals surface area contributed by atoms with Crippen LogP contribution in [-0.2, 0) is 9.59 Å². The lowest BCUT2D eigenvalue weighted by molar-refractivity contribution is -0.142. The molecule has 1 aromatic carbocycles. The molecule has 2 fully saturated rings. The Morgan fingerprint density at radius 3 is 2.82 bits per heavy atom. The quantitative estimate of drug-likeness (QED) is 0.0807. The molecular weight excluding hydrogens is 547 g/mol. The van der Waals surface area contributed by atoms with E-state index in [1.54, 1.807) is 45.9 Å². The SMILES string of the molecule is CC(C)(CSSCCNC(=O)CCCC[C@@H]1SC[C@@H]2NC(=O)N[C@@H]21)C(=O)Oc1ccc2ccc(=O)oc2c1. The molecule has 3 N–H and O–H groups in total. The number of carbonyl (C=O) groups is 3. The minimum absolute atomic E-state index is 0.0542. The molecule has 2 saturated heterocycles. The lowest BCUT2D eigenvalue weighted by atomic mass is 9.97. The van der Waals surface area contributed by atoms with Crippen LogP contribution in [0.15, 0.2) is 39.5 Å². The van der Waals surface area contributed by atoms with E-state index in [4.69, 9.17) is 9.15 Å². The molecule has 0 radical (unpaired) electrons. The average Bonchev–Trinajstić information content (AvgIpc) is 3.42. The second-order valence-electron chi connectivity index (χ2n) is 10.0. The summed E-state index contributed by atoms with van der Waals surface area (Å²) in [6.07, 6.45) is 3.31. The van der Waals surface area contributed by atoms with Crippen LogP contribution in [0.1, 0.15) is 39.5 Å². The van der Waals surface area contributed by atoms with Gasteiger partial charge in [0, 0.05) is 53.0 Å². The number of benzene rings is 1. The summed E-state index contributed by atoms with van der Waals surface area (Å²) in [6.45, 7) is 4.23. The Hall–Kier alpha value is -2.31. The van der Waals surface area contributed by atoms with Crippen LogP contribution in [0.25, 0.3) is 11.0 Å². The lowest BCUT2D eigenvalue weighted by Crippen LogP contribution is -2.36. The normalized spacial score (nSPS) is 20.6. The molecular formula is C26H33N3O6S3. The van der Waals surface area contributed by atoms with Crippen LogP contribution in [-0.4, -0.2) is 59.0 Å². The summed E-state index contributed by atoms with van der Waals surface area (Å²) >= 11 is 1.90. The van der Waals surface area contributed by atoms with Gasteiger partial charge in [0.25, 0.3) is 0 Å². The van der Waals surface area contributed by atoms with Gasteiger partial charge in [0.1, 0.15) is 11.3 Å². The van der Waals surface area contributed by atoms with Crippen molar-refractivity contribution in [1.29, 1.82) is 0 Å². The molecule has 0 saturated carbocycles. The van der Waals surface area contributed by atoms with Gasteiger partial charge >= 0.3 is 17.6 Å². The van der Waals surface area contributed by atoms with Crippen molar-refractivity contribution in [3.05, 3.63) is 40.8 Å². The molecule has 1 aromatic heterocycles. The number of thioether (sulfide) groups is 1. The fraction of sp³-hybridized carbons (Fsp3) is 0.538. The number of unbranched alkanes of at least 4 members (excludes halogenated alkanes) is 1. The van der Waals surface area contributed by atoms with Gasteiger partial charge in [-0.15, -0.1) is 0 Å². The smallest absolute Gasteiger partial charge is 0.336 e. The Bertz CT molecular complexity index is 1220. The highest BCUT2D eigenvalue weighted by atomic mass is 33.1. The minimum atomic E-state index is -0.720. The molecule has 9 nitrogen and oxygen atoms in total. The van der Waals surface area contributed by atoms with Crippen molar-refractivity contribution in [3.8, 4) is 5.75 Å². The topological polar surface area (TPSA) is 127 Å². The van der Waals surface area contributed by atoms with Crippen molar-refractivity contribution in [3.63, 3.8) is 0 Å². The van der Waals surface area contributed by atoms with Gasteiger partial charge in [0.05, 0.1) is 17.5 Å². The fourth-order valence-corrected chi connectivity index (χ4v) is 8.33. The maximum absolute atomic E-state index is 12.7. The summed E-state index contributed by atoms with van der Waals surface area (Å²) in [6, 6.07) is 8.36. The third kappa shape index (κ3) is 7.86. The molecule has 0 bridgehead atoms. The maximum atomic E-state index is 12.7. The van der Waals surface area contributed by atoms with E-state index in [-0.39, 0.29) is 30.0 Å². The van der Waals surface area contributed by atoms with Crippen LogP contribution in [0.5, 0.6) is 5.75 Å². The molecule has 206 valence electrons. The molecule has 2 aromatic rings. The maximum Gasteiger partial charge on any atom is 0.336 e. The van der Waals surface area contributed by atoms with Crippen molar-refractivity contribution in [2.45, 2.75) is 56.9 Å². The predicted molar refractivity (Wildman–Crippen MR) is 154 cm³/mol. The zero-order valence-electron chi connectivity index (χ0n) is 21.4. The predicted octanol–water partition coefficient (Wildman–Crippen LogP) is 3.95. The van der Waals surface area contributed by atoms with Gasteiger partial charge in [-0.2, -0.15) is 11.8 Å². The van der Waals surface area contributed by atoms with E-state index in [1.165, 1.54) is 6.07 Å². The Morgan fingerprint density at radius 2 is 1.97 bits per heavy atom. The van der Waals surface area contributed by atoms with Crippen molar-refractivity contribution in [2.24, 2.45) is 5.41 Å². The fourth-order valence-electron chi connectivity index (χ4n) is 4.25. The summed E-state index contributed by atoms with van der Waals surface area (Å²) in [5, 5.41) is 10.1. The van der Waals surface area contributed by atoms with Gasteiger partial charge in [0.15, 0.2) is 0 Å². The molecule has 3 heterocycles. The van der Waals surface area contributed by atoms with E-state index in [9.17, 15) is 19.2 Å². The highest BCUT2D eigenvalue weighted by molar-refractivity contribution is 8.76.